The van der Waals surface area contributed by atoms with Crippen LogP contribution in [0.1, 0.15) is 27.6 Å². The number of carbonyl (C=O) groups is 1. The highest BCUT2D eigenvalue weighted by molar-refractivity contribution is 6.31. The number of halogens is 1. The van der Waals surface area contributed by atoms with Crippen molar-refractivity contribution in [3.05, 3.63) is 117 Å². The van der Waals surface area contributed by atoms with Crippen LogP contribution in [0.25, 0.3) is 21.9 Å². The lowest BCUT2D eigenvalue weighted by atomic mass is 9.90. The van der Waals surface area contributed by atoms with E-state index in [-0.39, 0.29) is 23.7 Å². The van der Waals surface area contributed by atoms with Gasteiger partial charge in [-0.1, -0.05) is 60.1 Å². The minimum Gasteiger partial charge on any atom is -0.451 e. The molecule has 1 unspecified atom stereocenters. The third kappa shape index (κ3) is 3.67. The van der Waals surface area contributed by atoms with Gasteiger partial charge in [-0.15, -0.1) is 0 Å². The van der Waals surface area contributed by atoms with Crippen LogP contribution in [-0.2, 0) is 0 Å². The summed E-state index contributed by atoms with van der Waals surface area (Å²) in [5.41, 5.74) is 3.06. The molecule has 0 spiro atoms. The van der Waals surface area contributed by atoms with Crippen LogP contribution in [-0.4, -0.2) is 17.4 Å². The Labute approximate surface area is 188 Å². The number of hydrogen-bond donors (Lipinski definition) is 2. The number of aromatic amines is 1. The summed E-state index contributed by atoms with van der Waals surface area (Å²) in [5, 5.41) is 5.05. The molecule has 0 aliphatic heterocycles. The number of benzene rings is 3. The molecular weight excluding hydrogens is 424 g/mol. The van der Waals surface area contributed by atoms with Crippen molar-refractivity contribution in [2.24, 2.45) is 0 Å². The van der Waals surface area contributed by atoms with Gasteiger partial charge in [-0.3, -0.25) is 9.59 Å². The largest absolute Gasteiger partial charge is 0.451 e. The van der Waals surface area contributed by atoms with Crippen molar-refractivity contribution >= 4 is 39.4 Å². The molecular formula is C26H19ClN2O3. The van der Waals surface area contributed by atoms with Crippen molar-refractivity contribution in [3.63, 3.8) is 0 Å². The smallest absolute Gasteiger partial charge is 0.287 e. The van der Waals surface area contributed by atoms with E-state index in [0.29, 0.717) is 16.0 Å². The third-order valence-electron chi connectivity index (χ3n) is 5.60. The molecule has 0 aliphatic carbocycles. The quantitative estimate of drug-likeness (QED) is 0.378. The van der Waals surface area contributed by atoms with E-state index >= 15 is 0 Å². The van der Waals surface area contributed by atoms with Gasteiger partial charge in [0.2, 0.25) is 0 Å². The van der Waals surface area contributed by atoms with Crippen molar-refractivity contribution in [1.82, 2.24) is 10.3 Å². The Morgan fingerprint density at radius 3 is 2.50 bits per heavy atom. The molecule has 32 heavy (non-hydrogen) atoms. The average molecular weight is 443 g/mol. The monoisotopic (exact) mass is 442 g/mol. The Morgan fingerprint density at radius 1 is 0.938 bits per heavy atom. The van der Waals surface area contributed by atoms with Gasteiger partial charge in [-0.25, -0.2) is 0 Å². The van der Waals surface area contributed by atoms with E-state index in [2.05, 4.69) is 10.3 Å². The number of aromatic nitrogens is 1. The van der Waals surface area contributed by atoms with Crippen molar-refractivity contribution < 1.29 is 9.21 Å². The van der Waals surface area contributed by atoms with Gasteiger partial charge >= 0.3 is 0 Å². The predicted octanol–water partition coefficient (Wildman–Crippen LogP) is 5.49. The summed E-state index contributed by atoms with van der Waals surface area (Å²) in [5.74, 6) is -0.675. The lowest BCUT2D eigenvalue weighted by molar-refractivity contribution is 0.0925. The molecule has 1 atom stereocenters. The summed E-state index contributed by atoms with van der Waals surface area (Å²) in [4.78, 5) is 28.6. The molecule has 3 aromatic carbocycles. The molecule has 5 aromatic rings. The molecule has 0 bridgehead atoms. The zero-order chi connectivity index (χ0) is 22.1. The van der Waals surface area contributed by atoms with Crippen LogP contribution < -0.4 is 10.7 Å². The molecule has 5 nitrogen and oxygen atoms in total. The Bertz CT molecular complexity index is 1500. The minimum atomic E-state index is -0.454. The van der Waals surface area contributed by atoms with Gasteiger partial charge in [0.25, 0.3) is 5.91 Å². The molecule has 0 radical (unpaired) electrons. The van der Waals surface area contributed by atoms with Crippen LogP contribution in [0.3, 0.4) is 0 Å². The number of fused-ring (bicyclic) bond motifs is 2. The van der Waals surface area contributed by atoms with Crippen LogP contribution in [0.15, 0.2) is 94.3 Å². The molecule has 2 heterocycles. The fourth-order valence-electron chi connectivity index (χ4n) is 4.03. The first-order valence-corrected chi connectivity index (χ1v) is 10.6. The van der Waals surface area contributed by atoms with Gasteiger partial charge in [0.05, 0.1) is 5.39 Å². The molecule has 158 valence electrons. The Kier molecular flexibility index (Phi) is 5.25. The summed E-state index contributed by atoms with van der Waals surface area (Å²) in [7, 11) is 0. The summed E-state index contributed by atoms with van der Waals surface area (Å²) in [6.07, 6.45) is 1.95. The van der Waals surface area contributed by atoms with E-state index in [0.717, 1.165) is 22.0 Å². The summed E-state index contributed by atoms with van der Waals surface area (Å²) in [6, 6.07) is 23.7. The van der Waals surface area contributed by atoms with E-state index in [1.807, 2.05) is 54.7 Å². The maximum absolute atomic E-state index is 12.9. The second-order valence-electron chi connectivity index (χ2n) is 7.54. The lowest BCUT2D eigenvalue weighted by Gasteiger charge is -2.19. The second kappa shape index (κ2) is 8.36. The first-order chi connectivity index (χ1) is 15.6. The third-order valence-corrected chi connectivity index (χ3v) is 5.95. The standard InChI is InChI=1S/C26H19ClN2O3/c27-21-10-4-1-7-16(21)19(20-14-28-22-11-5-2-8-17(20)22)15-29-26(31)25-13-23(30)18-9-3-6-12-24(18)32-25/h1-14,19,28H,15H2,(H,29,31). The lowest BCUT2D eigenvalue weighted by Crippen LogP contribution is -2.29. The zero-order valence-electron chi connectivity index (χ0n) is 17.0. The van der Waals surface area contributed by atoms with E-state index in [9.17, 15) is 9.59 Å². The van der Waals surface area contributed by atoms with Crippen LogP contribution in [0.5, 0.6) is 0 Å². The molecule has 0 aliphatic rings. The van der Waals surface area contributed by atoms with Crippen LogP contribution in [0.4, 0.5) is 0 Å². The summed E-state index contributed by atoms with van der Waals surface area (Å²) in [6.45, 7) is 0.279. The van der Waals surface area contributed by atoms with E-state index < -0.39 is 5.91 Å². The Balaban J connectivity index is 1.49. The molecule has 5 rings (SSSR count). The van der Waals surface area contributed by atoms with Gasteiger partial charge in [0.15, 0.2) is 11.2 Å². The van der Waals surface area contributed by atoms with Crippen LogP contribution >= 0.6 is 11.6 Å². The highest BCUT2D eigenvalue weighted by Crippen LogP contribution is 2.34. The molecule has 2 aromatic heterocycles. The fourth-order valence-corrected chi connectivity index (χ4v) is 4.29. The van der Waals surface area contributed by atoms with Gasteiger partial charge in [-0.05, 0) is 35.4 Å². The van der Waals surface area contributed by atoms with Gasteiger partial charge in [-0.2, -0.15) is 0 Å². The number of carbonyl (C=O) groups excluding carboxylic acids is 1. The Morgan fingerprint density at radius 2 is 1.66 bits per heavy atom. The number of H-pyrrole nitrogens is 1. The van der Waals surface area contributed by atoms with Crippen molar-refractivity contribution in [2.75, 3.05) is 6.54 Å². The molecule has 0 saturated carbocycles. The predicted molar refractivity (Wildman–Crippen MR) is 126 cm³/mol. The second-order valence-corrected chi connectivity index (χ2v) is 7.95. The number of nitrogens with one attached hydrogen (secondary N) is 2. The van der Waals surface area contributed by atoms with Crippen molar-refractivity contribution in [1.29, 1.82) is 0 Å². The minimum absolute atomic E-state index is 0.0227. The van der Waals surface area contributed by atoms with E-state index in [4.69, 9.17) is 16.0 Å². The van der Waals surface area contributed by atoms with Crippen molar-refractivity contribution in [2.45, 2.75) is 5.92 Å². The maximum Gasteiger partial charge on any atom is 0.287 e. The van der Waals surface area contributed by atoms with Crippen LogP contribution in [0.2, 0.25) is 5.02 Å². The molecule has 6 heteroatoms. The number of amides is 1. The molecule has 1 amide bonds. The average Bonchev–Trinajstić information content (AvgIpc) is 3.24. The first kappa shape index (κ1) is 20.1. The first-order valence-electron chi connectivity index (χ1n) is 10.2. The summed E-state index contributed by atoms with van der Waals surface area (Å²) >= 11 is 6.52. The van der Waals surface area contributed by atoms with Crippen molar-refractivity contribution in [3.8, 4) is 0 Å². The molecule has 0 fully saturated rings. The number of para-hydroxylation sites is 2. The van der Waals surface area contributed by atoms with Gasteiger partial charge < -0.3 is 14.7 Å². The Hall–Kier alpha value is -3.83. The normalized spacial score (nSPS) is 12.2. The number of hydrogen-bond acceptors (Lipinski definition) is 3. The van der Waals surface area contributed by atoms with Crippen LogP contribution in [0, 0.1) is 0 Å². The highest BCUT2D eigenvalue weighted by atomic mass is 35.5. The van der Waals surface area contributed by atoms with E-state index in [1.54, 1.807) is 24.3 Å². The van der Waals surface area contributed by atoms with E-state index in [1.165, 1.54) is 6.07 Å². The van der Waals surface area contributed by atoms with Gasteiger partial charge in [0, 0.05) is 40.7 Å². The van der Waals surface area contributed by atoms with Gasteiger partial charge in [0.1, 0.15) is 5.58 Å². The summed E-state index contributed by atoms with van der Waals surface area (Å²) < 4.78 is 5.68. The highest BCUT2D eigenvalue weighted by Gasteiger charge is 2.22. The zero-order valence-corrected chi connectivity index (χ0v) is 17.7. The fraction of sp³-hybridized carbons (Fsp3) is 0.0769. The molecule has 2 N–H and O–H groups in total. The SMILES string of the molecule is O=C(NCC(c1ccccc1Cl)c1c[nH]c2ccccc12)c1cc(=O)c2ccccc2o1. The topological polar surface area (TPSA) is 75.1 Å². The number of rotatable bonds is 5. The maximum atomic E-state index is 12.9. The molecule has 0 saturated heterocycles.